The van der Waals surface area contributed by atoms with E-state index < -0.39 is 17.9 Å². The van der Waals surface area contributed by atoms with E-state index in [2.05, 4.69) is 10.0 Å². The molecule has 0 bridgehead atoms. The van der Waals surface area contributed by atoms with Gasteiger partial charge in [0.2, 0.25) is 11.8 Å². The Labute approximate surface area is 178 Å². The molecule has 1 heterocycles. The molecule has 3 aromatic carbocycles. The number of fused-ring (bicyclic) bond motifs is 1. The Kier molecular flexibility index (Phi) is 5.55. The van der Waals surface area contributed by atoms with Gasteiger partial charge in [-0.15, -0.1) is 0 Å². The summed E-state index contributed by atoms with van der Waals surface area (Å²) in [5, 5.41) is 3.56. The Balaban J connectivity index is 1.86. The third-order valence-corrected chi connectivity index (χ3v) is 5.05. The largest absolute Gasteiger partial charge is 0.497 e. The SMILES string of the molecule is COc1ccc(CN2C(=O)C(N=[N+]=[N-])C(=O)N(c3ccccc3)c3ccccc32)cc1. The van der Waals surface area contributed by atoms with Crippen LogP contribution in [0.2, 0.25) is 0 Å². The van der Waals surface area contributed by atoms with Crippen molar-refractivity contribution in [3.63, 3.8) is 0 Å². The number of methoxy groups -OCH3 is 1. The van der Waals surface area contributed by atoms with Crippen LogP contribution in [0.3, 0.4) is 0 Å². The minimum atomic E-state index is -1.52. The van der Waals surface area contributed by atoms with Gasteiger partial charge in [0.1, 0.15) is 5.75 Å². The average molecular weight is 413 g/mol. The van der Waals surface area contributed by atoms with Crippen LogP contribution in [0.4, 0.5) is 17.1 Å². The van der Waals surface area contributed by atoms with Gasteiger partial charge >= 0.3 is 0 Å². The molecule has 0 spiro atoms. The van der Waals surface area contributed by atoms with Gasteiger partial charge in [-0.05, 0) is 47.5 Å². The molecule has 0 radical (unpaired) electrons. The molecule has 1 aliphatic rings. The zero-order chi connectivity index (χ0) is 21.8. The molecule has 0 N–H and O–H groups in total. The normalized spacial score (nSPS) is 15.7. The highest BCUT2D eigenvalue weighted by atomic mass is 16.5. The third kappa shape index (κ3) is 3.80. The number of nitrogens with zero attached hydrogens (tertiary/aromatic N) is 5. The number of hydrogen-bond donors (Lipinski definition) is 0. The van der Waals surface area contributed by atoms with Crippen molar-refractivity contribution >= 4 is 28.9 Å². The van der Waals surface area contributed by atoms with Crippen molar-refractivity contribution in [3.05, 3.63) is 94.9 Å². The van der Waals surface area contributed by atoms with Crippen molar-refractivity contribution in [1.29, 1.82) is 0 Å². The highest BCUT2D eigenvalue weighted by Crippen LogP contribution is 2.39. The summed E-state index contributed by atoms with van der Waals surface area (Å²) in [6.07, 6.45) is 0. The number of azide groups is 1. The number of amides is 2. The Hall–Kier alpha value is -4.29. The molecule has 1 unspecified atom stereocenters. The molecule has 154 valence electrons. The van der Waals surface area contributed by atoms with Gasteiger partial charge in [0, 0.05) is 10.6 Å². The Bertz CT molecular complexity index is 1160. The van der Waals surface area contributed by atoms with Gasteiger partial charge in [-0.2, -0.15) is 0 Å². The molecule has 8 heteroatoms. The second kappa shape index (κ2) is 8.61. The van der Waals surface area contributed by atoms with E-state index in [9.17, 15) is 9.59 Å². The maximum atomic E-state index is 13.4. The number of carbonyl (C=O) groups excluding carboxylic acids is 2. The van der Waals surface area contributed by atoms with Crippen molar-refractivity contribution in [1.82, 2.24) is 0 Å². The second-order valence-corrected chi connectivity index (χ2v) is 6.88. The van der Waals surface area contributed by atoms with Crippen LogP contribution in [0.5, 0.6) is 5.75 Å². The van der Waals surface area contributed by atoms with E-state index in [0.717, 1.165) is 5.56 Å². The van der Waals surface area contributed by atoms with Crippen LogP contribution in [-0.4, -0.2) is 25.0 Å². The number of para-hydroxylation sites is 3. The van der Waals surface area contributed by atoms with Crippen LogP contribution >= 0.6 is 0 Å². The maximum Gasteiger partial charge on any atom is 0.250 e. The van der Waals surface area contributed by atoms with Gasteiger partial charge < -0.3 is 9.64 Å². The maximum absolute atomic E-state index is 13.4. The fraction of sp³-hybridized carbons (Fsp3) is 0.130. The molecule has 1 aliphatic heterocycles. The second-order valence-electron chi connectivity index (χ2n) is 6.88. The van der Waals surface area contributed by atoms with Crippen LogP contribution in [0.25, 0.3) is 10.4 Å². The number of benzene rings is 3. The highest BCUT2D eigenvalue weighted by Gasteiger charge is 2.40. The van der Waals surface area contributed by atoms with Gasteiger partial charge in [-0.1, -0.05) is 47.6 Å². The average Bonchev–Trinajstić information content (AvgIpc) is 2.89. The van der Waals surface area contributed by atoms with Gasteiger partial charge in [0.05, 0.1) is 25.0 Å². The summed E-state index contributed by atoms with van der Waals surface area (Å²) in [5.74, 6) is -0.480. The number of hydrogen-bond acceptors (Lipinski definition) is 4. The number of anilines is 3. The number of rotatable bonds is 5. The van der Waals surface area contributed by atoms with Crippen LogP contribution in [-0.2, 0) is 16.1 Å². The Morgan fingerprint density at radius 1 is 0.903 bits per heavy atom. The molecule has 0 fully saturated rings. The van der Waals surface area contributed by atoms with E-state index in [4.69, 9.17) is 10.3 Å². The minimum absolute atomic E-state index is 0.202. The molecular weight excluding hydrogens is 394 g/mol. The van der Waals surface area contributed by atoms with Crippen LogP contribution < -0.4 is 14.5 Å². The molecule has 2 amide bonds. The van der Waals surface area contributed by atoms with Crippen molar-refractivity contribution in [2.24, 2.45) is 5.11 Å². The molecular formula is C23H19N5O3. The van der Waals surface area contributed by atoms with E-state index in [-0.39, 0.29) is 6.54 Å². The summed E-state index contributed by atoms with van der Waals surface area (Å²) in [6.45, 7) is 0.202. The smallest absolute Gasteiger partial charge is 0.250 e. The first-order chi connectivity index (χ1) is 15.1. The molecule has 0 saturated carbocycles. The highest BCUT2D eigenvalue weighted by molar-refractivity contribution is 6.22. The molecule has 3 aromatic rings. The molecule has 4 rings (SSSR count). The first-order valence-electron chi connectivity index (χ1n) is 9.60. The lowest BCUT2D eigenvalue weighted by Gasteiger charge is -2.25. The van der Waals surface area contributed by atoms with Crippen LogP contribution in [0.1, 0.15) is 5.56 Å². The quantitative estimate of drug-likeness (QED) is 0.265. The van der Waals surface area contributed by atoms with E-state index in [0.29, 0.717) is 22.8 Å². The lowest BCUT2D eigenvalue weighted by molar-refractivity contribution is -0.127. The summed E-state index contributed by atoms with van der Waals surface area (Å²) in [7, 11) is 1.58. The van der Waals surface area contributed by atoms with Gasteiger partial charge in [-0.3, -0.25) is 14.5 Å². The van der Waals surface area contributed by atoms with Crippen LogP contribution in [0, 0.1) is 0 Å². The Morgan fingerprint density at radius 2 is 1.55 bits per heavy atom. The molecule has 0 aromatic heterocycles. The fourth-order valence-corrected chi connectivity index (χ4v) is 3.56. The van der Waals surface area contributed by atoms with Crippen molar-refractivity contribution in [3.8, 4) is 5.75 Å². The first-order valence-corrected chi connectivity index (χ1v) is 9.60. The summed E-state index contributed by atoms with van der Waals surface area (Å²) >= 11 is 0. The summed E-state index contributed by atoms with van der Waals surface area (Å²) in [5.41, 5.74) is 11.6. The third-order valence-electron chi connectivity index (χ3n) is 5.05. The van der Waals surface area contributed by atoms with E-state index >= 15 is 0 Å². The molecule has 8 nitrogen and oxygen atoms in total. The lowest BCUT2D eigenvalue weighted by Crippen LogP contribution is -2.43. The van der Waals surface area contributed by atoms with E-state index in [1.54, 1.807) is 67.8 Å². The number of ether oxygens (including phenoxy) is 1. The number of carbonyl (C=O) groups is 2. The predicted molar refractivity (Wildman–Crippen MR) is 117 cm³/mol. The molecule has 1 atom stereocenters. The minimum Gasteiger partial charge on any atom is -0.497 e. The van der Waals surface area contributed by atoms with Crippen molar-refractivity contribution in [2.45, 2.75) is 12.6 Å². The van der Waals surface area contributed by atoms with Crippen molar-refractivity contribution < 1.29 is 14.3 Å². The monoisotopic (exact) mass is 413 g/mol. The van der Waals surface area contributed by atoms with Gasteiger partial charge in [-0.25, -0.2) is 0 Å². The van der Waals surface area contributed by atoms with E-state index in [1.807, 2.05) is 18.2 Å². The molecule has 0 saturated heterocycles. The summed E-state index contributed by atoms with van der Waals surface area (Å²) in [6, 6.07) is 21.9. The topological polar surface area (TPSA) is 98.6 Å². The molecule has 31 heavy (non-hydrogen) atoms. The first kappa shape index (κ1) is 20.0. The zero-order valence-corrected chi connectivity index (χ0v) is 16.8. The Morgan fingerprint density at radius 3 is 2.19 bits per heavy atom. The molecule has 0 aliphatic carbocycles. The standard InChI is InChI=1S/C23H19N5O3/c1-31-18-13-11-16(12-14-18)15-27-19-9-5-6-10-20(19)28(17-7-3-2-4-8-17)23(30)21(22(27)29)25-26-24/h2-14,21H,15H2,1H3. The lowest BCUT2D eigenvalue weighted by atomic mass is 10.1. The fourth-order valence-electron chi connectivity index (χ4n) is 3.56. The van der Waals surface area contributed by atoms with Gasteiger partial charge in [0.15, 0.2) is 6.04 Å². The van der Waals surface area contributed by atoms with Crippen LogP contribution in [0.15, 0.2) is 84.0 Å². The zero-order valence-electron chi connectivity index (χ0n) is 16.8. The summed E-state index contributed by atoms with van der Waals surface area (Å²) < 4.78 is 5.20. The predicted octanol–water partition coefficient (Wildman–Crippen LogP) is 4.59. The summed E-state index contributed by atoms with van der Waals surface area (Å²) in [4.78, 5) is 32.5. The van der Waals surface area contributed by atoms with E-state index in [1.165, 1.54) is 9.80 Å². The van der Waals surface area contributed by atoms with Crippen molar-refractivity contribution in [2.75, 3.05) is 16.9 Å². The van der Waals surface area contributed by atoms with Gasteiger partial charge in [0.25, 0.3) is 0 Å².